The molecule has 4 rings (SSSR count). The van der Waals surface area contributed by atoms with E-state index in [4.69, 9.17) is 4.52 Å². The molecule has 0 radical (unpaired) electrons. The molecule has 1 aliphatic carbocycles. The lowest BCUT2D eigenvalue weighted by Gasteiger charge is -2.21. The van der Waals surface area contributed by atoms with Crippen molar-refractivity contribution in [2.75, 3.05) is 6.54 Å². The van der Waals surface area contributed by atoms with Gasteiger partial charge in [0.15, 0.2) is 5.82 Å². The maximum absolute atomic E-state index is 12.9. The minimum Gasteiger partial charge on any atom is -0.337 e. The number of benzene rings is 1. The number of rotatable bonds is 4. The summed E-state index contributed by atoms with van der Waals surface area (Å²) in [5, 5.41) is 4.01. The number of nitrogens with zero attached hydrogens (tertiary/aromatic N) is 3. The molecule has 0 spiro atoms. The normalized spacial score (nSPS) is 20.9. The predicted octanol–water partition coefficient (Wildman–Crippen LogP) is 2.87. The van der Waals surface area contributed by atoms with E-state index in [1.54, 1.807) is 12.1 Å². The minimum atomic E-state index is -0.261. The fraction of sp³-hybridized carbons (Fsp3) is 0.471. The topological polar surface area (TPSA) is 59.2 Å². The SMILES string of the molecule is O=C(C1CC1)N1CCCC1c1nc(Cc2ccc(F)cc2)no1. The second kappa shape index (κ2) is 5.76. The van der Waals surface area contributed by atoms with E-state index in [2.05, 4.69) is 10.1 Å². The van der Waals surface area contributed by atoms with Crippen molar-refractivity contribution in [1.82, 2.24) is 15.0 Å². The van der Waals surface area contributed by atoms with E-state index in [-0.39, 0.29) is 23.7 Å². The van der Waals surface area contributed by atoms with Gasteiger partial charge in [-0.15, -0.1) is 0 Å². The average Bonchev–Trinajstić information content (AvgIpc) is 3.11. The van der Waals surface area contributed by atoms with Gasteiger partial charge in [-0.05, 0) is 43.4 Å². The van der Waals surface area contributed by atoms with Crippen molar-refractivity contribution in [1.29, 1.82) is 0 Å². The Morgan fingerprint density at radius 2 is 2.04 bits per heavy atom. The van der Waals surface area contributed by atoms with E-state index < -0.39 is 0 Å². The molecule has 2 aromatic rings. The highest BCUT2D eigenvalue weighted by molar-refractivity contribution is 5.81. The molecule has 6 heteroatoms. The van der Waals surface area contributed by atoms with Gasteiger partial charge in [-0.25, -0.2) is 4.39 Å². The fourth-order valence-electron chi connectivity index (χ4n) is 3.11. The molecule has 1 unspecified atom stereocenters. The largest absolute Gasteiger partial charge is 0.337 e. The molecule has 23 heavy (non-hydrogen) atoms. The summed E-state index contributed by atoms with van der Waals surface area (Å²) in [7, 11) is 0. The summed E-state index contributed by atoms with van der Waals surface area (Å²) in [5.74, 6) is 1.26. The Labute approximate surface area is 133 Å². The van der Waals surface area contributed by atoms with Crippen LogP contribution in [0.2, 0.25) is 0 Å². The summed E-state index contributed by atoms with van der Waals surface area (Å²) >= 11 is 0. The van der Waals surface area contributed by atoms with E-state index >= 15 is 0 Å². The second-order valence-electron chi connectivity index (χ2n) is 6.32. The lowest BCUT2D eigenvalue weighted by Crippen LogP contribution is -2.31. The van der Waals surface area contributed by atoms with Crippen molar-refractivity contribution in [3.63, 3.8) is 0 Å². The second-order valence-corrected chi connectivity index (χ2v) is 6.32. The van der Waals surface area contributed by atoms with Crippen molar-refractivity contribution < 1.29 is 13.7 Å². The summed E-state index contributed by atoms with van der Waals surface area (Å²) in [4.78, 5) is 18.7. The highest BCUT2D eigenvalue weighted by atomic mass is 19.1. The molecule has 1 saturated heterocycles. The van der Waals surface area contributed by atoms with Crippen molar-refractivity contribution in [3.05, 3.63) is 47.4 Å². The number of carbonyl (C=O) groups is 1. The van der Waals surface area contributed by atoms with Crippen LogP contribution in [0.5, 0.6) is 0 Å². The predicted molar refractivity (Wildman–Crippen MR) is 79.9 cm³/mol. The molecule has 0 N–H and O–H groups in total. The third-order valence-electron chi connectivity index (χ3n) is 4.51. The number of hydrogen-bond donors (Lipinski definition) is 0. The zero-order chi connectivity index (χ0) is 15.8. The van der Waals surface area contributed by atoms with E-state index in [1.165, 1.54) is 12.1 Å². The molecule has 0 bridgehead atoms. The van der Waals surface area contributed by atoms with E-state index in [0.29, 0.717) is 18.1 Å². The highest BCUT2D eigenvalue weighted by Gasteiger charge is 2.40. The number of halogens is 1. The van der Waals surface area contributed by atoms with Gasteiger partial charge in [0.25, 0.3) is 0 Å². The van der Waals surface area contributed by atoms with Crippen LogP contribution in [0.25, 0.3) is 0 Å². The first-order valence-corrected chi connectivity index (χ1v) is 8.08. The first kappa shape index (κ1) is 14.4. The summed E-state index contributed by atoms with van der Waals surface area (Å²) in [6.45, 7) is 0.773. The van der Waals surface area contributed by atoms with Gasteiger partial charge in [0.2, 0.25) is 11.8 Å². The van der Waals surface area contributed by atoms with Crippen LogP contribution in [0.1, 0.15) is 49.0 Å². The highest BCUT2D eigenvalue weighted by Crippen LogP contribution is 2.38. The van der Waals surface area contributed by atoms with E-state index in [9.17, 15) is 9.18 Å². The van der Waals surface area contributed by atoms with Crippen LogP contribution < -0.4 is 0 Å². The van der Waals surface area contributed by atoms with Gasteiger partial charge < -0.3 is 9.42 Å². The Morgan fingerprint density at radius 3 is 2.78 bits per heavy atom. The summed E-state index contributed by atoms with van der Waals surface area (Å²) in [6.07, 6.45) is 4.34. The molecule has 120 valence electrons. The number of aromatic nitrogens is 2. The average molecular weight is 315 g/mol. The van der Waals surface area contributed by atoms with Crippen molar-refractivity contribution in [3.8, 4) is 0 Å². The molecule has 2 heterocycles. The third-order valence-corrected chi connectivity index (χ3v) is 4.51. The molecule has 1 atom stereocenters. The fourth-order valence-corrected chi connectivity index (χ4v) is 3.11. The summed E-state index contributed by atoms with van der Waals surface area (Å²) in [5.41, 5.74) is 0.927. The number of hydrogen-bond acceptors (Lipinski definition) is 4. The van der Waals surface area contributed by atoms with Gasteiger partial charge in [0, 0.05) is 18.9 Å². The Morgan fingerprint density at radius 1 is 1.26 bits per heavy atom. The zero-order valence-electron chi connectivity index (χ0n) is 12.7. The maximum atomic E-state index is 12.9. The van der Waals surface area contributed by atoms with Crippen LogP contribution in [0.4, 0.5) is 4.39 Å². The minimum absolute atomic E-state index is 0.0856. The first-order valence-electron chi connectivity index (χ1n) is 8.08. The molecule has 2 aliphatic rings. The smallest absolute Gasteiger partial charge is 0.249 e. The van der Waals surface area contributed by atoms with Crippen LogP contribution in [-0.4, -0.2) is 27.5 Å². The Balaban J connectivity index is 1.48. The molecule has 1 saturated carbocycles. The third kappa shape index (κ3) is 2.98. The number of likely N-dealkylation sites (tertiary alicyclic amines) is 1. The monoisotopic (exact) mass is 315 g/mol. The van der Waals surface area contributed by atoms with Crippen LogP contribution in [0.3, 0.4) is 0 Å². The molecule has 1 aliphatic heterocycles. The zero-order valence-corrected chi connectivity index (χ0v) is 12.7. The van der Waals surface area contributed by atoms with Gasteiger partial charge in [0.1, 0.15) is 11.9 Å². The number of carbonyl (C=O) groups excluding carboxylic acids is 1. The Bertz CT molecular complexity index is 709. The van der Waals surface area contributed by atoms with Crippen LogP contribution in [0, 0.1) is 11.7 Å². The number of amides is 1. The van der Waals surface area contributed by atoms with Crippen molar-refractivity contribution >= 4 is 5.91 Å². The first-order chi connectivity index (χ1) is 11.2. The Kier molecular flexibility index (Phi) is 3.59. The van der Waals surface area contributed by atoms with Gasteiger partial charge >= 0.3 is 0 Å². The molecule has 1 aromatic carbocycles. The molecular formula is C17H18FN3O2. The van der Waals surface area contributed by atoms with Gasteiger partial charge in [-0.1, -0.05) is 17.3 Å². The standard InChI is InChI=1S/C17H18FN3O2/c18-13-7-3-11(4-8-13)10-15-19-16(23-20-15)14-2-1-9-21(14)17(22)12-5-6-12/h3-4,7-8,12,14H,1-2,5-6,9-10H2. The van der Waals surface area contributed by atoms with Crippen LogP contribution in [0.15, 0.2) is 28.8 Å². The maximum Gasteiger partial charge on any atom is 0.249 e. The Hall–Kier alpha value is -2.24. The van der Waals surface area contributed by atoms with E-state index in [1.807, 2.05) is 4.90 Å². The quantitative estimate of drug-likeness (QED) is 0.870. The van der Waals surface area contributed by atoms with Crippen LogP contribution in [-0.2, 0) is 11.2 Å². The summed E-state index contributed by atoms with van der Waals surface area (Å²) < 4.78 is 18.3. The lowest BCUT2D eigenvalue weighted by atomic mass is 10.1. The van der Waals surface area contributed by atoms with Gasteiger partial charge in [-0.2, -0.15) is 4.98 Å². The van der Waals surface area contributed by atoms with Gasteiger partial charge in [-0.3, -0.25) is 4.79 Å². The van der Waals surface area contributed by atoms with Crippen molar-refractivity contribution in [2.24, 2.45) is 5.92 Å². The van der Waals surface area contributed by atoms with Gasteiger partial charge in [0.05, 0.1) is 0 Å². The van der Waals surface area contributed by atoms with Crippen molar-refractivity contribution in [2.45, 2.75) is 38.1 Å². The molecular weight excluding hydrogens is 297 g/mol. The molecule has 2 fully saturated rings. The van der Waals surface area contributed by atoms with E-state index in [0.717, 1.165) is 37.8 Å². The molecule has 5 nitrogen and oxygen atoms in total. The molecule has 1 aromatic heterocycles. The van der Waals surface area contributed by atoms with Crippen LogP contribution >= 0.6 is 0 Å². The lowest BCUT2D eigenvalue weighted by molar-refractivity contribution is -0.133. The summed E-state index contributed by atoms with van der Waals surface area (Å²) in [6, 6.07) is 6.18. The molecule has 1 amide bonds.